The maximum atomic E-state index is 12.4. The largest absolute Gasteiger partial charge is 0.353 e. The zero-order valence-electron chi connectivity index (χ0n) is 13.6. The smallest absolute Gasteiger partial charge is 0.220 e. The zero-order valence-corrected chi connectivity index (χ0v) is 13.6. The van der Waals surface area contributed by atoms with Crippen molar-refractivity contribution in [1.82, 2.24) is 10.6 Å². The van der Waals surface area contributed by atoms with E-state index >= 15 is 0 Å². The molecule has 1 saturated carbocycles. The summed E-state index contributed by atoms with van der Waals surface area (Å²) < 4.78 is 0. The molecule has 3 atom stereocenters. The van der Waals surface area contributed by atoms with Gasteiger partial charge in [0.25, 0.3) is 0 Å². The van der Waals surface area contributed by atoms with Gasteiger partial charge >= 0.3 is 0 Å². The summed E-state index contributed by atoms with van der Waals surface area (Å²) in [5.74, 6) is 1.63. The summed E-state index contributed by atoms with van der Waals surface area (Å²) in [6.45, 7) is 2.22. The van der Waals surface area contributed by atoms with Crippen molar-refractivity contribution in [2.45, 2.75) is 95.7 Å². The third-order valence-corrected chi connectivity index (χ3v) is 6.04. The molecule has 0 aromatic rings. The van der Waals surface area contributed by atoms with Crippen LogP contribution < -0.4 is 10.6 Å². The van der Waals surface area contributed by atoms with Crippen molar-refractivity contribution in [3.63, 3.8) is 0 Å². The fourth-order valence-electron chi connectivity index (χ4n) is 4.85. The average Bonchev–Trinajstić information content (AvgIpc) is 2.68. The lowest BCUT2D eigenvalue weighted by Gasteiger charge is -2.30. The zero-order chi connectivity index (χ0) is 14.7. The maximum absolute atomic E-state index is 12.4. The van der Waals surface area contributed by atoms with E-state index in [1.54, 1.807) is 0 Å². The van der Waals surface area contributed by atoms with Crippen LogP contribution in [-0.2, 0) is 4.79 Å². The van der Waals surface area contributed by atoms with Crippen LogP contribution in [-0.4, -0.2) is 24.0 Å². The molecule has 0 aromatic carbocycles. The Kier molecular flexibility index (Phi) is 5.20. The molecular formula is C18H32N2O. The summed E-state index contributed by atoms with van der Waals surface area (Å²) in [6, 6.07) is 1.76. The van der Waals surface area contributed by atoms with E-state index in [2.05, 4.69) is 17.6 Å². The summed E-state index contributed by atoms with van der Waals surface area (Å²) in [6.07, 6.45) is 13.9. The van der Waals surface area contributed by atoms with Gasteiger partial charge in [0.2, 0.25) is 5.91 Å². The standard InChI is InChI=1S/C18H32N2O/c1-13(15-6-4-2-3-5-7-15)19-18(21)12-14-10-16-8-9-17(11-14)20-16/h13-17,20H,2-12H2,1H3,(H,19,21)/t13-,14?,16?,17?/m1/s1. The van der Waals surface area contributed by atoms with Gasteiger partial charge in [-0.25, -0.2) is 0 Å². The number of carbonyl (C=O) groups is 1. The third-order valence-electron chi connectivity index (χ3n) is 6.04. The molecule has 0 radical (unpaired) electrons. The van der Waals surface area contributed by atoms with Crippen LogP contribution in [0.3, 0.4) is 0 Å². The molecule has 1 aliphatic carbocycles. The second kappa shape index (κ2) is 7.13. The molecule has 2 heterocycles. The Morgan fingerprint density at radius 1 is 1.05 bits per heavy atom. The molecule has 3 fully saturated rings. The van der Waals surface area contributed by atoms with E-state index in [-0.39, 0.29) is 0 Å². The number of carbonyl (C=O) groups excluding carboxylic acids is 1. The summed E-state index contributed by atoms with van der Waals surface area (Å²) in [5.41, 5.74) is 0. The Bertz CT molecular complexity index is 337. The number of hydrogen-bond acceptors (Lipinski definition) is 2. The minimum Gasteiger partial charge on any atom is -0.353 e. The lowest BCUT2D eigenvalue weighted by atomic mass is 9.88. The Balaban J connectivity index is 1.42. The van der Waals surface area contributed by atoms with Gasteiger partial charge in [-0.1, -0.05) is 25.7 Å². The molecule has 2 N–H and O–H groups in total. The normalized spacial score (nSPS) is 35.2. The van der Waals surface area contributed by atoms with Crippen molar-refractivity contribution in [2.24, 2.45) is 11.8 Å². The van der Waals surface area contributed by atoms with Crippen molar-refractivity contribution < 1.29 is 4.79 Å². The Labute approximate surface area is 129 Å². The van der Waals surface area contributed by atoms with Gasteiger partial charge in [0, 0.05) is 24.5 Å². The number of fused-ring (bicyclic) bond motifs is 2. The summed E-state index contributed by atoms with van der Waals surface area (Å²) >= 11 is 0. The van der Waals surface area contributed by atoms with Crippen LogP contribution in [0.5, 0.6) is 0 Å². The summed E-state index contributed by atoms with van der Waals surface area (Å²) in [4.78, 5) is 12.4. The molecule has 21 heavy (non-hydrogen) atoms. The maximum Gasteiger partial charge on any atom is 0.220 e. The summed E-state index contributed by atoms with van der Waals surface area (Å²) in [7, 11) is 0. The topological polar surface area (TPSA) is 41.1 Å². The van der Waals surface area contributed by atoms with E-state index in [0.29, 0.717) is 35.9 Å². The molecule has 3 heteroatoms. The highest BCUT2D eigenvalue weighted by molar-refractivity contribution is 5.76. The molecular weight excluding hydrogens is 260 g/mol. The van der Waals surface area contributed by atoms with Crippen LogP contribution in [0.25, 0.3) is 0 Å². The van der Waals surface area contributed by atoms with E-state index in [1.165, 1.54) is 64.2 Å². The SMILES string of the molecule is C[C@@H](NC(=O)CC1CC2CCC(C1)N2)C1CCCCCC1. The second-order valence-electron chi connectivity index (χ2n) is 7.79. The van der Waals surface area contributed by atoms with Gasteiger partial charge in [-0.15, -0.1) is 0 Å². The average molecular weight is 292 g/mol. The van der Waals surface area contributed by atoms with Crippen molar-refractivity contribution in [2.75, 3.05) is 0 Å². The molecule has 3 nitrogen and oxygen atoms in total. The number of amides is 1. The van der Waals surface area contributed by atoms with Crippen molar-refractivity contribution in [3.05, 3.63) is 0 Å². The van der Waals surface area contributed by atoms with Gasteiger partial charge in [0.05, 0.1) is 0 Å². The van der Waals surface area contributed by atoms with Crippen LogP contribution in [0, 0.1) is 11.8 Å². The Morgan fingerprint density at radius 2 is 1.67 bits per heavy atom. The van der Waals surface area contributed by atoms with Crippen LogP contribution in [0.2, 0.25) is 0 Å². The number of rotatable bonds is 4. The van der Waals surface area contributed by atoms with E-state index in [4.69, 9.17) is 0 Å². The molecule has 120 valence electrons. The van der Waals surface area contributed by atoms with Gasteiger partial charge in [0.1, 0.15) is 0 Å². The second-order valence-corrected chi connectivity index (χ2v) is 7.79. The lowest BCUT2D eigenvalue weighted by molar-refractivity contribution is -0.123. The van der Waals surface area contributed by atoms with Gasteiger partial charge in [-0.2, -0.15) is 0 Å². The first kappa shape index (κ1) is 15.3. The highest BCUT2D eigenvalue weighted by Crippen LogP contribution is 2.32. The highest BCUT2D eigenvalue weighted by Gasteiger charge is 2.34. The predicted octanol–water partition coefficient (Wildman–Crippen LogP) is 3.38. The first-order valence-corrected chi connectivity index (χ1v) is 9.26. The fraction of sp³-hybridized carbons (Fsp3) is 0.944. The van der Waals surface area contributed by atoms with Crippen molar-refractivity contribution in [1.29, 1.82) is 0 Å². The first-order valence-electron chi connectivity index (χ1n) is 9.26. The van der Waals surface area contributed by atoms with E-state index in [1.807, 2.05) is 0 Å². The van der Waals surface area contributed by atoms with Crippen molar-refractivity contribution >= 4 is 5.91 Å². The number of hydrogen-bond donors (Lipinski definition) is 2. The Hall–Kier alpha value is -0.570. The molecule has 0 spiro atoms. The molecule has 2 unspecified atom stereocenters. The van der Waals surface area contributed by atoms with E-state index in [0.717, 1.165) is 6.42 Å². The van der Waals surface area contributed by atoms with Crippen LogP contribution in [0.1, 0.15) is 77.6 Å². The van der Waals surface area contributed by atoms with Crippen LogP contribution in [0.15, 0.2) is 0 Å². The van der Waals surface area contributed by atoms with E-state index < -0.39 is 0 Å². The van der Waals surface area contributed by atoms with Gasteiger partial charge < -0.3 is 10.6 Å². The molecule has 0 aromatic heterocycles. The highest BCUT2D eigenvalue weighted by atomic mass is 16.1. The molecule has 1 amide bonds. The molecule has 3 rings (SSSR count). The third kappa shape index (κ3) is 4.21. The predicted molar refractivity (Wildman–Crippen MR) is 86.1 cm³/mol. The quantitative estimate of drug-likeness (QED) is 0.780. The molecule has 2 bridgehead atoms. The van der Waals surface area contributed by atoms with Crippen LogP contribution in [0.4, 0.5) is 0 Å². The molecule has 3 aliphatic rings. The lowest BCUT2D eigenvalue weighted by Crippen LogP contribution is -2.42. The van der Waals surface area contributed by atoms with Gasteiger partial charge in [0.15, 0.2) is 0 Å². The minimum atomic E-state index is 0.304. The minimum absolute atomic E-state index is 0.304. The van der Waals surface area contributed by atoms with E-state index in [9.17, 15) is 4.79 Å². The monoisotopic (exact) mass is 292 g/mol. The van der Waals surface area contributed by atoms with Crippen molar-refractivity contribution in [3.8, 4) is 0 Å². The van der Waals surface area contributed by atoms with Gasteiger partial charge in [-0.05, 0) is 57.3 Å². The molecule has 2 saturated heterocycles. The summed E-state index contributed by atoms with van der Waals surface area (Å²) in [5, 5.41) is 6.98. The Morgan fingerprint density at radius 3 is 2.29 bits per heavy atom. The first-order chi connectivity index (χ1) is 10.2. The number of nitrogens with one attached hydrogen (secondary N) is 2. The van der Waals surface area contributed by atoms with Crippen LogP contribution >= 0.6 is 0 Å². The fourth-order valence-corrected chi connectivity index (χ4v) is 4.85. The molecule has 2 aliphatic heterocycles. The number of piperidine rings is 1. The van der Waals surface area contributed by atoms with Gasteiger partial charge in [-0.3, -0.25) is 4.79 Å².